The summed E-state index contributed by atoms with van der Waals surface area (Å²) >= 11 is 0. The second-order valence-electron chi connectivity index (χ2n) is 22.1. The SMILES string of the molecule is CC(F)(F)c1ccc(/C(=C/[C@H]2CCC(=O)N2)c2ccc(C3CC3)c(=O)[n-]2)cc1.CC(F)(F)c1ccc(/C(=C/[C@H]2CCC(=O)N2)c2ccc(C3CC3)c([O-])n2)cc1.CC(F)(F)c1ccc(/C(=C/[CH-]CC[C-]=O)c2ccc(C3CC3)c(=O)[nH]2)cc1.N.[Na+].[Na+].[Na+]. The normalized spacial score (nSPS) is 17.7. The van der Waals surface area contributed by atoms with Gasteiger partial charge < -0.3 is 41.4 Å². The molecule has 5 aliphatic rings. The zero-order chi connectivity index (χ0) is 59.2. The van der Waals surface area contributed by atoms with E-state index in [0.717, 1.165) is 76.0 Å². The summed E-state index contributed by atoms with van der Waals surface area (Å²) in [6.45, 7) is 2.57. The van der Waals surface area contributed by atoms with Gasteiger partial charge in [-0.05, 0) is 115 Å². The number of rotatable bonds is 18. The Labute approximate surface area is 568 Å². The fourth-order valence-corrected chi connectivity index (χ4v) is 10.1. The molecule has 0 radical (unpaired) electrons. The summed E-state index contributed by atoms with van der Waals surface area (Å²) in [4.78, 5) is 69.7. The van der Waals surface area contributed by atoms with Crippen LogP contribution in [-0.4, -0.2) is 40.2 Å². The molecule has 2 aliphatic heterocycles. The summed E-state index contributed by atoms with van der Waals surface area (Å²) in [5, 5.41) is 18.2. The molecule has 3 saturated carbocycles. The van der Waals surface area contributed by atoms with E-state index in [1.54, 1.807) is 54.6 Å². The minimum absolute atomic E-state index is 0. The molecule has 2 saturated heterocycles. The van der Waals surface area contributed by atoms with Crippen molar-refractivity contribution >= 4 is 34.8 Å². The molecule has 5 fully saturated rings. The van der Waals surface area contributed by atoms with Gasteiger partial charge in [0.15, 0.2) is 0 Å². The van der Waals surface area contributed by atoms with Crippen molar-refractivity contribution in [1.29, 1.82) is 0 Å². The van der Waals surface area contributed by atoms with Gasteiger partial charge in [0.2, 0.25) is 11.8 Å². The molecule has 6 N–H and O–H groups in total. The summed E-state index contributed by atoms with van der Waals surface area (Å²) in [6, 6.07) is 28.6. The van der Waals surface area contributed by atoms with Gasteiger partial charge in [-0.15, -0.1) is 17.7 Å². The van der Waals surface area contributed by atoms with Crippen LogP contribution in [0.15, 0.2) is 137 Å². The minimum atomic E-state index is -2.92. The van der Waals surface area contributed by atoms with E-state index < -0.39 is 17.8 Å². The largest absolute Gasteiger partial charge is 1.00 e. The number of benzene rings is 3. The van der Waals surface area contributed by atoms with E-state index in [-0.39, 0.29) is 159 Å². The van der Waals surface area contributed by atoms with Gasteiger partial charge in [-0.2, -0.15) is 6.42 Å². The molecular weight excluding hydrogens is 1160 g/mol. The van der Waals surface area contributed by atoms with Crippen LogP contribution in [0.4, 0.5) is 26.3 Å². The summed E-state index contributed by atoms with van der Waals surface area (Å²) in [5.74, 6) is -8.08. The van der Waals surface area contributed by atoms with Gasteiger partial charge >= 0.3 is 88.7 Å². The number of unbranched alkanes of at least 4 members (excludes halogenated alkanes) is 2. The molecule has 11 rings (SSSR count). The van der Waals surface area contributed by atoms with E-state index in [2.05, 4.69) is 25.6 Å². The topological polar surface area (TPSA) is 210 Å². The Morgan fingerprint density at radius 1 is 0.586 bits per heavy atom. The first-order chi connectivity index (χ1) is 39.5. The number of hydrogen-bond acceptors (Lipinski definition) is 8. The average Bonchev–Trinajstić information content (AvgIpc) is 2.38. The maximum absolute atomic E-state index is 13.5. The van der Waals surface area contributed by atoms with Gasteiger partial charge in [-0.25, -0.2) is 38.8 Å². The summed E-state index contributed by atoms with van der Waals surface area (Å²) in [7, 11) is 0. The van der Waals surface area contributed by atoms with E-state index in [0.29, 0.717) is 100 Å². The molecule has 21 heteroatoms. The van der Waals surface area contributed by atoms with Crippen molar-refractivity contribution < 1.29 is 135 Å². The molecule has 2 amide bonds. The molecule has 6 aromatic rings. The quantitative estimate of drug-likeness (QED) is 0.0428. The number of halogens is 6. The molecule has 2 atom stereocenters. The summed E-state index contributed by atoms with van der Waals surface area (Å²) in [5.41, 5.74) is 7.41. The Kier molecular flexibility index (Phi) is 26.2. The van der Waals surface area contributed by atoms with Crippen LogP contribution < -0.4 is 127 Å². The number of nitrogens with one attached hydrogen (secondary N) is 3. The first-order valence-corrected chi connectivity index (χ1v) is 28.0. The number of carbonyl (C=O) groups is 2. The molecule has 0 spiro atoms. The Bertz CT molecular complexity index is 3570. The van der Waals surface area contributed by atoms with Crippen molar-refractivity contribution in [2.24, 2.45) is 0 Å². The van der Waals surface area contributed by atoms with Crippen LogP contribution in [0, 0.1) is 6.42 Å². The molecule has 3 aromatic carbocycles. The summed E-state index contributed by atoms with van der Waals surface area (Å²) in [6.07, 6.45) is 18.3. The van der Waals surface area contributed by atoms with Gasteiger partial charge in [0.05, 0.1) is 11.3 Å². The van der Waals surface area contributed by atoms with Crippen LogP contribution in [0.1, 0.15) is 183 Å². The molecule has 0 unspecified atom stereocenters. The molecule has 3 aliphatic carbocycles. The van der Waals surface area contributed by atoms with Crippen molar-refractivity contribution in [3.8, 4) is 5.88 Å². The van der Waals surface area contributed by atoms with Crippen LogP contribution >= 0.6 is 0 Å². The van der Waals surface area contributed by atoms with Crippen molar-refractivity contribution in [3.05, 3.63) is 222 Å². The van der Waals surface area contributed by atoms with E-state index in [1.165, 1.54) is 36.4 Å². The number of aromatic amines is 1. The molecule has 5 heterocycles. The first-order valence-electron chi connectivity index (χ1n) is 28.0. The monoisotopic (exact) mass is 1220 g/mol. The van der Waals surface area contributed by atoms with Crippen molar-refractivity contribution in [2.45, 2.75) is 145 Å². The molecular formula is C66H66F6N6Na3O6-. The first kappa shape index (κ1) is 72.5. The smallest absolute Gasteiger partial charge is 0.858 e. The van der Waals surface area contributed by atoms with Crippen molar-refractivity contribution in [2.75, 3.05) is 0 Å². The van der Waals surface area contributed by atoms with Crippen LogP contribution in [0.25, 0.3) is 16.7 Å². The number of aromatic nitrogens is 3. The fourth-order valence-electron chi connectivity index (χ4n) is 10.1. The van der Waals surface area contributed by atoms with Gasteiger partial charge in [-0.1, -0.05) is 121 Å². The number of alkyl halides is 6. The third-order valence-electron chi connectivity index (χ3n) is 15.2. The molecule has 442 valence electrons. The van der Waals surface area contributed by atoms with Crippen molar-refractivity contribution in [1.82, 2.24) is 31.7 Å². The molecule has 0 bridgehead atoms. The number of amides is 2. The summed E-state index contributed by atoms with van der Waals surface area (Å²) < 4.78 is 81.1. The number of hydrogen-bond donors (Lipinski definition) is 4. The Morgan fingerprint density at radius 2 is 1.01 bits per heavy atom. The minimum Gasteiger partial charge on any atom is -0.858 e. The second-order valence-corrected chi connectivity index (χ2v) is 22.1. The van der Waals surface area contributed by atoms with E-state index in [1.807, 2.05) is 49.1 Å². The third kappa shape index (κ3) is 19.9. The predicted molar refractivity (Wildman–Crippen MR) is 309 cm³/mol. The molecule has 3 aromatic heterocycles. The average molecular weight is 1220 g/mol. The van der Waals surface area contributed by atoms with E-state index in [4.69, 9.17) is 0 Å². The zero-order valence-electron chi connectivity index (χ0n) is 49.9. The van der Waals surface area contributed by atoms with Gasteiger partial charge in [0.1, 0.15) is 0 Å². The Morgan fingerprint density at radius 3 is 1.43 bits per heavy atom. The zero-order valence-corrected chi connectivity index (χ0v) is 55.9. The van der Waals surface area contributed by atoms with Crippen LogP contribution in [-0.2, 0) is 32.2 Å². The number of nitrogens with zero attached hydrogens (tertiary/aromatic N) is 2. The molecule has 87 heavy (non-hydrogen) atoms. The number of H-pyrrole nitrogens is 1. The van der Waals surface area contributed by atoms with Crippen LogP contribution in [0.3, 0.4) is 0 Å². The second kappa shape index (κ2) is 31.5. The number of pyridine rings is 3. The number of carbonyl (C=O) groups excluding carboxylic acids is 3. The van der Waals surface area contributed by atoms with Crippen LogP contribution in [0.2, 0.25) is 0 Å². The molecule has 12 nitrogen and oxygen atoms in total. The number of allylic oxidation sites excluding steroid dienone is 1. The van der Waals surface area contributed by atoms with Gasteiger partial charge in [-0.3, -0.25) is 25.7 Å². The fraction of sp³-hybridized carbons (Fsp3) is 0.348. The van der Waals surface area contributed by atoms with E-state index >= 15 is 0 Å². The van der Waals surface area contributed by atoms with Crippen LogP contribution in [0.5, 0.6) is 5.88 Å². The Hall–Kier alpha value is -5.25. The van der Waals surface area contributed by atoms with Gasteiger partial charge in [0.25, 0.3) is 23.3 Å². The predicted octanol–water partition coefficient (Wildman–Crippen LogP) is 3.62. The van der Waals surface area contributed by atoms with Gasteiger partial charge in [0, 0.05) is 73.5 Å². The maximum atomic E-state index is 13.5. The maximum Gasteiger partial charge on any atom is 1.00 e. The Balaban J connectivity index is 0.000000233. The standard InChI is InChI=1S/2C22H22F2N2O2.C22H21F2NO2.H3N.3Na/c2*1-22(23,24)15-6-4-14(5-7-15)18(12-16-8-11-20(27)25-16)19-10-9-17(13-2-3-13)21(28)26-19;1-22(23,24)17-10-8-15(9-11-17)18(5-3-2-4-14-26)20-13-12-19(16-6-7-16)21(27)25-20;;;;/h4-7,9-10,12-13,16H,2-3,8,11H2,1H3,(H,25,27)(H,26,28);4-7,9-10,12-13,16H,2-3,8,11H2,1H3,(H2,25,26,27,28);3,5,8-13,16H,2,4,6-7H2,1H3,(H,25,27);1H3;;;/q;;-2;;3*+1/p-2/b2*18-12-;18-5-;;;;/t2*16-;;;;;/m11...../s1. The van der Waals surface area contributed by atoms with E-state index in [9.17, 15) is 55.4 Å². The third-order valence-corrected chi connectivity index (χ3v) is 15.2. The van der Waals surface area contributed by atoms with Crippen molar-refractivity contribution in [3.63, 3.8) is 0 Å².